The van der Waals surface area contributed by atoms with Crippen LogP contribution in [-0.2, 0) is 21.0 Å². The molecule has 2 atom stereocenters. The van der Waals surface area contributed by atoms with E-state index in [1.165, 1.54) is 11.3 Å². The van der Waals surface area contributed by atoms with Crippen LogP contribution in [0.2, 0.25) is 0 Å². The average Bonchev–Trinajstić information content (AvgIpc) is 3.47. The summed E-state index contributed by atoms with van der Waals surface area (Å²) >= 11 is 0. The zero-order valence-electron chi connectivity index (χ0n) is 23.5. The Balaban J connectivity index is 1.31. The maximum Gasteiger partial charge on any atom is 0.249 e. The van der Waals surface area contributed by atoms with E-state index in [1.54, 1.807) is 37.3 Å². The number of hydrogen-bond donors (Lipinski definition) is 2. The fraction of sp³-hybridized carbons (Fsp3) is 0.406. The second kappa shape index (κ2) is 12.6. The van der Waals surface area contributed by atoms with Crippen LogP contribution < -0.4 is 15.5 Å². The highest BCUT2D eigenvalue weighted by molar-refractivity contribution is 7.91. The molecule has 3 N–H and O–H groups in total. The molecule has 0 bridgehead atoms. The Morgan fingerprint density at radius 2 is 1.66 bits per heavy atom. The molecule has 0 aliphatic carbocycles. The number of hydrogen-bond acceptors (Lipinski definition) is 7. The summed E-state index contributed by atoms with van der Waals surface area (Å²) < 4.78 is 30.0. The van der Waals surface area contributed by atoms with Crippen molar-refractivity contribution in [3.63, 3.8) is 0 Å². The number of nitrogens with two attached hydrogens (primary N) is 1. The standard InChI is InChI=1S/C32H39N3O5S/c1-2-41(38,39)28-10-5-25(6-11-28)31(22-36)30-20-27(9-12-29(30)32(33)37)35-14-13-24(21-35)19-23-3-7-26(8-4-23)34-15-17-40-18-16-34/h3-12,20,24,31,36H,2,13-19,21-22H2,1H3,(H2,33,37)/t24?,31-/m1/s1. The topological polar surface area (TPSA) is 113 Å². The van der Waals surface area contributed by atoms with Gasteiger partial charge in [-0.1, -0.05) is 31.2 Å². The van der Waals surface area contributed by atoms with Crippen LogP contribution in [0.4, 0.5) is 11.4 Å². The number of ether oxygens (including phenoxy) is 1. The zero-order chi connectivity index (χ0) is 29.0. The molecule has 41 heavy (non-hydrogen) atoms. The molecule has 0 saturated carbocycles. The third-order valence-corrected chi connectivity index (χ3v) is 10.1. The number of anilines is 2. The Hall–Kier alpha value is -3.40. The van der Waals surface area contributed by atoms with Gasteiger partial charge in [-0.3, -0.25) is 4.79 Å². The molecule has 1 unspecified atom stereocenters. The zero-order valence-corrected chi connectivity index (χ0v) is 24.4. The van der Waals surface area contributed by atoms with Gasteiger partial charge < -0.3 is 25.4 Å². The Kier molecular flexibility index (Phi) is 8.97. The van der Waals surface area contributed by atoms with E-state index < -0.39 is 21.7 Å². The minimum absolute atomic E-state index is 0.0141. The second-order valence-corrected chi connectivity index (χ2v) is 13.2. The lowest BCUT2D eigenvalue weighted by molar-refractivity contribution is 0.0999. The van der Waals surface area contributed by atoms with E-state index in [9.17, 15) is 18.3 Å². The van der Waals surface area contributed by atoms with Crippen molar-refractivity contribution in [1.29, 1.82) is 0 Å². The molecule has 8 nitrogen and oxygen atoms in total. The van der Waals surface area contributed by atoms with Gasteiger partial charge >= 0.3 is 0 Å². The van der Waals surface area contributed by atoms with E-state index >= 15 is 0 Å². The van der Waals surface area contributed by atoms with Gasteiger partial charge in [0.2, 0.25) is 5.91 Å². The van der Waals surface area contributed by atoms with Crippen molar-refractivity contribution in [3.05, 3.63) is 89.0 Å². The molecule has 2 aliphatic rings. The van der Waals surface area contributed by atoms with E-state index in [4.69, 9.17) is 10.5 Å². The van der Waals surface area contributed by atoms with Gasteiger partial charge in [0.25, 0.3) is 0 Å². The molecule has 2 fully saturated rings. The van der Waals surface area contributed by atoms with Gasteiger partial charge in [-0.05, 0) is 77.9 Å². The van der Waals surface area contributed by atoms with E-state index in [2.05, 4.69) is 34.1 Å². The van der Waals surface area contributed by atoms with Crippen LogP contribution in [0.3, 0.4) is 0 Å². The number of carbonyl (C=O) groups excluding carboxylic acids is 1. The summed E-state index contributed by atoms with van der Waals surface area (Å²) in [7, 11) is -3.34. The lowest BCUT2D eigenvalue weighted by atomic mass is 9.88. The molecule has 2 aliphatic heterocycles. The van der Waals surface area contributed by atoms with Gasteiger partial charge in [0.1, 0.15) is 0 Å². The number of sulfone groups is 1. The summed E-state index contributed by atoms with van der Waals surface area (Å²) in [5.41, 5.74) is 11.0. The molecular weight excluding hydrogens is 538 g/mol. The van der Waals surface area contributed by atoms with Crippen molar-refractivity contribution in [3.8, 4) is 0 Å². The van der Waals surface area contributed by atoms with E-state index in [0.717, 1.165) is 63.5 Å². The Morgan fingerprint density at radius 3 is 2.29 bits per heavy atom. The average molecular weight is 578 g/mol. The van der Waals surface area contributed by atoms with Gasteiger partial charge in [0.05, 0.1) is 30.5 Å². The summed E-state index contributed by atoms with van der Waals surface area (Å²) in [5.74, 6) is -0.556. The van der Waals surface area contributed by atoms with Gasteiger partial charge in [-0.15, -0.1) is 0 Å². The molecule has 3 aromatic carbocycles. The predicted molar refractivity (Wildman–Crippen MR) is 162 cm³/mol. The third-order valence-electron chi connectivity index (χ3n) is 8.37. The van der Waals surface area contributed by atoms with Gasteiger partial charge in [-0.25, -0.2) is 8.42 Å². The molecule has 9 heteroatoms. The highest BCUT2D eigenvalue weighted by Gasteiger charge is 2.26. The molecule has 218 valence electrons. The first-order valence-electron chi connectivity index (χ1n) is 14.3. The highest BCUT2D eigenvalue weighted by atomic mass is 32.2. The number of carbonyl (C=O) groups is 1. The SMILES string of the molecule is CCS(=O)(=O)c1ccc([C@@H](CO)c2cc(N3CCC(Cc4ccc(N5CCOCC5)cc4)C3)ccc2C(N)=O)cc1. The van der Waals surface area contributed by atoms with Gasteiger partial charge in [0.15, 0.2) is 9.84 Å². The van der Waals surface area contributed by atoms with Crippen molar-refractivity contribution in [2.45, 2.75) is 30.6 Å². The number of nitrogens with zero attached hydrogens (tertiary/aromatic N) is 2. The Morgan fingerprint density at radius 1 is 0.976 bits per heavy atom. The number of amides is 1. The van der Waals surface area contributed by atoms with Crippen molar-refractivity contribution in [1.82, 2.24) is 0 Å². The molecule has 0 radical (unpaired) electrons. The van der Waals surface area contributed by atoms with Gasteiger partial charge in [-0.2, -0.15) is 0 Å². The molecule has 1 amide bonds. The van der Waals surface area contributed by atoms with E-state index in [-0.39, 0.29) is 17.3 Å². The van der Waals surface area contributed by atoms with Crippen LogP contribution in [-0.4, -0.2) is 71.2 Å². The molecule has 2 saturated heterocycles. The van der Waals surface area contributed by atoms with Crippen LogP contribution in [0.1, 0.15) is 46.3 Å². The van der Waals surface area contributed by atoms with Crippen LogP contribution >= 0.6 is 0 Å². The van der Waals surface area contributed by atoms with Crippen molar-refractivity contribution >= 4 is 27.1 Å². The summed E-state index contributed by atoms with van der Waals surface area (Å²) in [6.07, 6.45) is 2.06. The molecular formula is C32H39N3O5S. The minimum Gasteiger partial charge on any atom is -0.395 e. The first kappa shape index (κ1) is 29.1. The van der Waals surface area contributed by atoms with Crippen LogP contribution in [0.5, 0.6) is 0 Å². The first-order chi connectivity index (χ1) is 19.8. The largest absolute Gasteiger partial charge is 0.395 e. The number of aliphatic hydroxyl groups excluding tert-OH is 1. The van der Waals surface area contributed by atoms with Crippen molar-refractivity contribution < 1.29 is 23.1 Å². The number of aliphatic hydroxyl groups is 1. The normalized spacial score (nSPS) is 18.4. The number of benzene rings is 3. The van der Waals surface area contributed by atoms with E-state index in [0.29, 0.717) is 17.0 Å². The maximum absolute atomic E-state index is 12.3. The van der Waals surface area contributed by atoms with Crippen molar-refractivity contribution in [2.24, 2.45) is 11.7 Å². The number of rotatable bonds is 10. The monoisotopic (exact) mass is 577 g/mol. The number of morpholine rings is 1. The van der Waals surface area contributed by atoms with Gasteiger partial charge in [0, 0.05) is 49.0 Å². The van der Waals surface area contributed by atoms with Crippen LogP contribution in [0, 0.1) is 5.92 Å². The summed E-state index contributed by atoms with van der Waals surface area (Å²) in [5, 5.41) is 10.4. The summed E-state index contributed by atoms with van der Waals surface area (Å²) in [6, 6.07) is 21.0. The fourth-order valence-electron chi connectivity index (χ4n) is 5.95. The Bertz CT molecular complexity index is 1450. The van der Waals surface area contributed by atoms with Crippen LogP contribution in [0.25, 0.3) is 0 Å². The lowest BCUT2D eigenvalue weighted by Crippen LogP contribution is -2.36. The number of primary amides is 1. The lowest BCUT2D eigenvalue weighted by Gasteiger charge is -2.29. The quantitative estimate of drug-likeness (QED) is 0.379. The maximum atomic E-state index is 12.3. The van der Waals surface area contributed by atoms with E-state index in [1.807, 2.05) is 12.1 Å². The highest BCUT2D eigenvalue weighted by Crippen LogP contribution is 2.34. The predicted octanol–water partition coefficient (Wildman–Crippen LogP) is 3.61. The second-order valence-electron chi connectivity index (χ2n) is 10.9. The fourth-order valence-corrected chi connectivity index (χ4v) is 6.83. The third kappa shape index (κ3) is 6.58. The molecule has 0 aromatic heterocycles. The summed E-state index contributed by atoms with van der Waals surface area (Å²) in [4.78, 5) is 17.3. The molecule has 2 heterocycles. The first-order valence-corrected chi connectivity index (χ1v) is 16.0. The van der Waals surface area contributed by atoms with Crippen molar-refractivity contribution in [2.75, 3.05) is 61.6 Å². The molecule has 5 rings (SSSR count). The minimum atomic E-state index is -3.34. The Labute approximate surface area is 242 Å². The molecule has 3 aromatic rings. The van der Waals surface area contributed by atoms with Crippen LogP contribution in [0.15, 0.2) is 71.6 Å². The summed E-state index contributed by atoms with van der Waals surface area (Å²) in [6.45, 7) is 6.57. The smallest absolute Gasteiger partial charge is 0.249 e. The molecule has 0 spiro atoms.